The van der Waals surface area contributed by atoms with Crippen molar-refractivity contribution in [2.24, 2.45) is 0 Å². The molecular weight excluding hydrogens is 238 g/mol. The van der Waals surface area contributed by atoms with Crippen LogP contribution in [0, 0.1) is 13.8 Å². The first-order valence-corrected chi connectivity index (χ1v) is 6.00. The molecule has 2 heteroatoms. The SMILES string of the molecule is Cc1ccc(Br)c(C)c1N1CCCC1. The first-order chi connectivity index (χ1) is 6.70. The molecule has 2 rings (SSSR count). The Morgan fingerprint density at radius 3 is 2.43 bits per heavy atom. The molecule has 1 aliphatic rings. The summed E-state index contributed by atoms with van der Waals surface area (Å²) >= 11 is 3.60. The number of anilines is 1. The molecule has 1 nitrogen and oxygen atoms in total. The smallest absolute Gasteiger partial charge is 0.0436 e. The highest BCUT2D eigenvalue weighted by Gasteiger charge is 2.17. The van der Waals surface area contributed by atoms with Crippen molar-refractivity contribution >= 4 is 21.6 Å². The van der Waals surface area contributed by atoms with Gasteiger partial charge in [-0.25, -0.2) is 0 Å². The maximum atomic E-state index is 3.60. The fourth-order valence-corrected chi connectivity index (χ4v) is 2.56. The van der Waals surface area contributed by atoms with Crippen LogP contribution in [0.15, 0.2) is 16.6 Å². The highest BCUT2D eigenvalue weighted by Crippen LogP contribution is 2.32. The second-order valence-corrected chi connectivity index (χ2v) is 4.89. The summed E-state index contributed by atoms with van der Waals surface area (Å²) in [5.41, 5.74) is 4.22. The lowest BCUT2D eigenvalue weighted by Gasteiger charge is -2.23. The minimum absolute atomic E-state index is 1.22. The van der Waals surface area contributed by atoms with Crippen LogP contribution >= 0.6 is 15.9 Å². The van der Waals surface area contributed by atoms with Crippen LogP contribution in [-0.4, -0.2) is 13.1 Å². The molecule has 0 atom stereocenters. The van der Waals surface area contributed by atoms with E-state index in [2.05, 4.69) is 46.8 Å². The Kier molecular flexibility index (Phi) is 2.82. The number of nitrogens with zero attached hydrogens (tertiary/aromatic N) is 1. The summed E-state index contributed by atoms with van der Waals surface area (Å²) in [6.45, 7) is 6.84. The van der Waals surface area contributed by atoms with Gasteiger partial charge in [0.25, 0.3) is 0 Å². The van der Waals surface area contributed by atoms with E-state index in [0.29, 0.717) is 0 Å². The van der Waals surface area contributed by atoms with Gasteiger partial charge in [-0.2, -0.15) is 0 Å². The zero-order valence-corrected chi connectivity index (χ0v) is 10.4. The average Bonchev–Trinajstić information content (AvgIpc) is 2.65. The maximum Gasteiger partial charge on any atom is 0.0436 e. The van der Waals surface area contributed by atoms with Gasteiger partial charge in [0, 0.05) is 23.2 Å². The van der Waals surface area contributed by atoms with Crippen LogP contribution in [-0.2, 0) is 0 Å². The van der Waals surface area contributed by atoms with Gasteiger partial charge in [0.1, 0.15) is 0 Å². The monoisotopic (exact) mass is 253 g/mol. The second-order valence-electron chi connectivity index (χ2n) is 4.03. The molecule has 0 unspecified atom stereocenters. The second kappa shape index (κ2) is 3.93. The topological polar surface area (TPSA) is 3.24 Å². The lowest BCUT2D eigenvalue weighted by atomic mass is 10.1. The summed E-state index contributed by atoms with van der Waals surface area (Å²) in [4.78, 5) is 2.51. The molecule has 14 heavy (non-hydrogen) atoms. The summed E-state index contributed by atoms with van der Waals surface area (Å²) in [5.74, 6) is 0. The Balaban J connectivity index is 2.44. The van der Waals surface area contributed by atoms with Gasteiger partial charge >= 0.3 is 0 Å². The standard InChI is InChI=1S/C12H16BrN/c1-9-5-6-11(13)10(2)12(9)14-7-3-4-8-14/h5-6H,3-4,7-8H2,1-2H3. The number of hydrogen-bond acceptors (Lipinski definition) is 1. The Labute approximate surface area is 94.2 Å². The number of benzene rings is 1. The Morgan fingerprint density at radius 2 is 1.79 bits per heavy atom. The molecule has 1 aromatic carbocycles. The zero-order valence-electron chi connectivity index (χ0n) is 8.81. The highest BCUT2D eigenvalue weighted by molar-refractivity contribution is 9.10. The Morgan fingerprint density at radius 1 is 1.14 bits per heavy atom. The number of hydrogen-bond donors (Lipinski definition) is 0. The van der Waals surface area contributed by atoms with Crippen LogP contribution in [0.4, 0.5) is 5.69 Å². The molecule has 1 aliphatic heterocycles. The molecule has 0 amide bonds. The minimum atomic E-state index is 1.22. The van der Waals surface area contributed by atoms with E-state index in [1.807, 2.05) is 0 Å². The van der Waals surface area contributed by atoms with Gasteiger partial charge in [0.2, 0.25) is 0 Å². The van der Waals surface area contributed by atoms with Crippen LogP contribution in [0.2, 0.25) is 0 Å². The van der Waals surface area contributed by atoms with E-state index in [1.165, 1.54) is 47.2 Å². The van der Waals surface area contributed by atoms with Gasteiger partial charge in [-0.05, 0) is 43.9 Å². The molecule has 1 heterocycles. The van der Waals surface area contributed by atoms with E-state index in [-0.39, 0.29) is 0 Å². The van der Waals surface area contributed by atoms with Gasteiger partial charge in [-0.3, -0.25) is 0 Å². The van der Waals surface area contributed by atoms with Crippen molar-refractivity contribution in [3.05, 3.63) is 27.7 Å². The first-order valence-electron chi connectivity index (χ1n) is 5.21. The van der Waals surface area contributed by atoms with Crippen LogP contribution in [0.3, 0.4) is 0 Å². The largest absolute Gasteiger partial charge is 0.371 e. The molecule has 0 bridgehead atoms. The molecule has 1 saturated heterocycles. The number of aryl methyl sites for hydroxylation is 1. The normalized spacial score (nSPS) is 16.4. The predicted octanol–water partition coefficient (Wildman–Crippen LogP) is 3.67. The van der Waals surface area contributed by atoms with E-state index < -0.39 is 0 Å². The third kappa shape index (κ3) is 1.68. The van der Waals surface area contributed by atoms with E-state index in [9.17, 15) is 0 Å². The maximum absolute atomic E-state index is 3.60. The van der Waals surface area contributed by atoms with E-state index in [0.717, 1.165) is 0 Å². The number of halogens is 1. The van der Waals surface area contributed by atoms with Gasteiger partial charge in [0.15, 0.2) is 0 Å². The van der Waals surface area contributed by atoms with E-state index in [1.54, 1.807) is 0 Å². The highest BCUT2D eigenvalue weighted by atomic mass is 79.9. The molecule has 0 aromatic heterocycles. The summed E-state index contributed by atoms with van der Waals surface area (Å²) in [6, 6.07) is 4.34. The molecular formula is C12H16BrN. The fraction of sp³-hybridized carbons (Fsp3) is 0.500. The summed E-state index contributed by atoms with van der Waals surface area (Å²) in [7, 11) is 0. The third-order valence-corrected chi connectivity index (χ3v) is 3.85. The molecule has 1 fully saturated rings. The summed E-state index contributed by atoms with van der Waals surface area (Å²) in [5, 5.41) is 0. The summed E-state index contributed by atoms with van der Waals surface area (Å²) < 4.78 is 1.23. The van der Waals surface area contributed by atoms with Crippen LogP contribution < -0.4 is 4.90 Å². The predicted molar refractivity (Wildman–Crippen MR) is 65.1 cm³/mol. The van der Waals surface area contributed by atoms with E-state index >= 15 is 0 Å². The van der Waals surface area contributed by atoms with Gasteiger partial charge < -0.3 is 4.90 Å². The number of rotatable bonds is 1. The van der Waals surface area contributed by atoms with Crippen molar-refractivity contribution in [2.75, 3.05) is 18.0 Å². The van der Waals surface area contributed by atoms with Gasteiger partial charge in [-0.1, -0.05) is 22.0 Å². The molecule has 76 valence electrons. The minimum Gasteiger partial charge on any atom is -0.371 e. The average molecular weight is 254 g/mol. The van der Waals surface area contributed by atoms with Crippen LogP contribution in [0.1, 0.15) is 24.0 Å². The zero-order chi connectivity index (χ0) is 10.1. The summed E-state index contributed by atoms with van der Waals surface area (Å²) in [6.07, 6.45) is 2.68. The van der Waals surface area contributed by atoms with E-state index in [4.69, 9.17) is 0 Å². The lowest BCUT2D eigenvalue weighted by molar-refractivity contribution is 0.949. The first kappa shape index (κ1) is 10.0. The molecule has 0 spiro atoms. The van der Waals surface area contributed by atoms with Crippen molar-refractivity contribution < 1.29 is 0 Å². The van der Waals surface area contributed by atoms with Gasteiger partial charge in [0.05, 0.1) is 0 Å². The Hall–Kier alpha value is -0.500. The molecule has 0 radical (unpaired) electrons. The van der Waals surface area contributed by atoms with Crippen molar-refractivity contribution in [3.63, 3.8) is 0 Å². The van der Waals surface area contributed by atoms with Crippen molar-refractivity contribution in [3.8, 4) is 0 Å². The Bertz CT molecular complexity index is 340. The van der Waals surface area contributed by atoms with Crippen molar-refractivity contribution in [2.45, 2.75) is 26.7 Å². The van der Waals surface area contributed by atoms with Gasteiger partial charge in [-0.15, -0.1) is 0 Å². The quantitative estimate of drug-likeness (QED) is 0.739. The fourth-order valence-electron chi connectivity index (χ4n) is 2.24. The molecule has 0 saturated carbocycles. The molecule has 0 N–H and O–H groups in total. The van der Waals surface area contributed by atoms with Crippen LogP contribution in [0.25, 0.3) is 0 Å². The third-order valence-electron chi connectivity index (χ3n) is 2.99. The van der Waals surface area contributed by atoms with Crippen molar-refractivity contribution in [1.29, 1.82) is 0 Å². The molecule has 0 aliphatic carbocycles. The lowest BCUT2D eigenvalue weighted by Crippen LogP contribution is -2.19. The van der Waals surface area contributed by atoms with Crippen molar-refractivity contribution in [1.82, 2.24) is 0 Å². The molecule has 1 aromatic rings. The van der Waals surface area contributed by atoms with Crippen LogP contribution in [0.5, 0.6) is 0 Å².